The van der Waals surface area contributed by atoms with Gasteiger partial charge in [0.15, 0.2) is 0 Å². The second-order valence-electron chi connectivity index (χ2n) is 4.95. The molecule has 0 heterocycles. The lowest BCUT2D eigenvalue weighted by atomic mass is 9.96. The van der Waals surface area contributed by atoms with Gasteiger partial charge in [-0.2, -0.15) is 0 Å². The molecule has 18 heavy (non-hydrogen) atoms. The number of hydrogen-bond donors (Lipinski definition) is 1. The summed E-state index contributed by atoms with van der Waals surface area (Å²) in [6.45, 7) is 4.19. The van der Waals surface area contributed by atoms with Gasteiger partial charge in [-0.05, 0) is 38.3 Å². The number of hydrogen-bond acceptors (Lipinski definition) is 1. The van der Waals surface area contributed by atoms with Crippen LogP contribution in [-0.2, 0) is 0 Å². The average Bonchev–Trinajstić information content (AvgIpc) is 2.33. The van der Waals surface area contributed by atoms with Gasteiger partial charge in [0.25, 0.3) is 0 Å². The average molecular weight is 267 g/mol. The molecule has 0 spiro atoms. The van der Waals surface area contributed by atoms with Crippen molar-refractivity contribution in [2.45, 2.75) is 52.0 Å². The van der Waals surface area contributed by atoms with Crippen LogP contribution in [0.4, 0.5) is 5.69 Å². The molecule has 1 aromatic carbocycles. The number of amidine groups is 1. The van der Waals surface area contributed by atoms with Crippen molar-refractivity contribution >= 4 is 23.9 Å². The van der Waals surface area contributed by atoms with E-state index in [4.69, 9.17) is 4.99 Å². The molecule has 0 aliphatic heterocycles. The first-order valence-corrected chi connectivity index (χ1v) is 6.63. The maximum Gasteiger partial charge on any atom is 0.0979 e. The predicted octanol–water partition coefficient (Wildman–Crippen LogP) is 4.58. The van der Waals surface area contributed by atoms with E-state index in [0.29, 0.717) is 6.04 Å². The second kappa shape index (κ2) is 7.42. The van der Waals surface area contributed by atoms with E-state index in [9.17, 15) is 0 Å². The summed E-state index contributed by atoms with van der Waals surface area (Å²) >= 11 is 0. The molecular formula is C15H23ClN2. The van der Waals surface area contributed by atoms with Crippen LogP contribution in [0.1, 0.15) is 44.6 Å². The lowest BCUT2D eigenvalue weighted by molar-refractivity contribution is 0.443. The normalized spacial score (nSPS) is 17.1. The van der Waals surface area contributed by atoms with Gasteiger partial charge >= 0.3 is 0 Å². The molecule has 0 radical (unpaired) electrons. The highest BCUT2D eigenvalue weighted by Gasteiger charge is 2.12. The monoisotopic (exact) mass is 266 g/mol. The largest absolute Gasteiger partial charge is 0.344 e. The summed E-state index contributed by atoms with van der Waals surface area (Å²) in [6, 6.07) is 8.89. The Morgan fingerprint density at radius 1 is 1.17 bits per heavy atom. The van der Waals surface area contributed by atoms with Gasteiger partial charge in [-0.3, -0.25) is 4.99 Å². The lowest BCUT2D eigenvalue weighted by Gasteiger charge is -2.19. The fraction of sp³-hybridized carbons (Fsp3) is 0.533. The molecule has 0 unspecified atom stereocenters. The Morgan fingerprint density at radius 3 is 2.50 bits per heavy atom. The van der Waals surface area contributed by atoms with E-state index in [1.54, 1.807) is 0 Å². The minimum atomic E-state index is 0. The summed E-state index contributed by atoms with van der Waals surface area (Å²) < 4.78 is 0. The first kappa shape index (κ1) is 15.0. The number of aliphatic imine (C=N–C) groups is 1. The fourth-order valence-electron chi connectivity index (χ4n) is 2.42. The van der Waals surface area contributed by atoms with Gasteiger partial charge in [0.05, 0.1) is 11.9 Å². The van der Waals surface area contributed by atoms with Gasteiger partial charge in [0, 0.05) is 5.69 Å². The Labute approximate surface area is 116 Å². The van der Waals surface area contributed by atoms with Crippen molar-refractivity contribution in [2.24, 2.45) is 4.99 Å². The van der Waals surface area contributed by atoms with E-state index in [1.165, 1.54) is 43.4 Å². The molecule has 1 saturated carbocycles. The van der Waals surface area contributed by atoms with Crippen molar-refractivity contribution in [2.75, 3.05) is 5.32 Å². The predicted molar refractivity (Wildman–Crippen MR) is 82.0 cm³/mol. The van der Waals surface area contributed by atoms with Crippen LogP contribution in [0.3, 0.4) is 0 Å². The molecule has 1 aromatic rings. The Kier molecular flexibility index (Phi) is 6.20. The minimum Gasteiger partial charge on any atom is -0.344 e. The number of para-hydroxylation sites is 1. The smallest absolute Gasteiger partial charge is 0.0979 e. The minimum absolute atomic E-state index is 0. The molecule has 2 nitrogen and oxygen atoms in total. The number of anilines is 1. The summed E-state index contributed by atoms with van der Waals surface area (Å²) in [5, 5.41) is 3.41. The van der Waals surface area contributed by atoms with Crippen molar-refractivity contribution in [1.82, 2.24) is 0 Å². The van der Waals surface area contributed by atoms with Crippen molar-refractivity contribution in [3.05, 3.63) is 29.8 Å². The highest BCUT2D eigenvalue weighted by molar-refractivity contribution is 5.94. The topological polar surface area (TPSA) is 24.4 Å². The van der Waals surface area contributed by atoms with Gasteiger partial charge in [-0.15, -0.1) is 12.4 Å². The van der Waals surface area contributed by atoms with Crippen molar-refractivity contribution in [3.8, 4) is 0 Å². The number of rotatable bonds is 2. The molecule has 0 aromatic heterocycles. The third-order valence-electron chi connectivity index (χ3n) is 3.41. The van der Waals surface area contributed by atoms with E-state index in [0.717, 1.165) is 5.84 Å². The Balaban J connectivity index is 0.00000162. The molecule has 0 amide bonds. The van der Waals surface area contributed by atoms with E-state index < -0.39 is 0 Å². The molecular weight excluding hydrogens is 244 g/mol. The summed E-state index contributed by atoms with van der Waals surface area (Å²) in [5.41, 5.74) is 2.44. The zero-order valence-electron chi connectivity index (χ0n) is 11.3. The van der Waals surface area contributed by atoms with Gasteiger partial charge in [-0.25, -0.2) is 0 Å². The molecule has 0 saturated heterocycles. The first-order chi connectivity index (χ1) is 8.25. The number of halogens is 1. The molecule has 3 heteroatoms. The molecule has 0 atom stereocenters. The summed E-state index contributed by atoms with van der Waals surface area (Å²) in [4.78, 5) is 4.78. The van der Waals surface area contributed by atoms with Crippen molar-refractivity contribution in [1.29, 1.82) is 0 Å². The highest BCUT2D eigenvalue weighted by atomic mass is 35.5. The molecule has 1 fully saturated rings. The van der Waals surface area contributed by atoms with Crippen LogP contribution >= 0.6 is 12.4 Å². The van der Waals surface area contributed by atoms with Crippen LogP contribution in [0.2, 0.25) is 0 Å². The third kappa shape index (κ3) is 4.34. The molecule has 2 rings (SSSR count). The van der Waals surface area contributed by atoms with Crippen LogP contribution < -0.4 is 5.32 Å². The van der Waals surface area contributed by atoms with E-state index in [-0.39, 0.29) is 12.4 Å². The Bertz CT molecular complexity index is 395. The Morgan fingerprint density at radius 2 is 1.83 bits per heavy atom. The van der Waals surface area contributed by atoms with Crippen LogP contribution in [0.5, 0.6) is 0 Å². The number of benzene rings is 1. The summed E-state index contributed by atoms with van der Waals surface area (Å²) in [6.07, 6.45) is 6.58. The van der Waals surface area contributed by atoms with Crippen molar-refractivity contribution in [3.63, 3.8) is 0 Å². The second-order valence-corrected chi connectivity index (χ2v) is 4.95. The highest BCUT2D eigenvalue weighted by Crippen LogP contribution is 2.21. The molecule has 1 N–H and O–H groups in total. The summed E-state index contributed by atoms with van der Waals surface area (Å²) in [7, 11) is 0. The van der Waals surface area contributed by atoms with Crippen LogP contribution in [0.15, 0.2) is 29.3 Å². The van der Waals surface area contributed by atoms with Crippen LogP contribution in [0, 0.1) is 6.92 Å². The fourth-order valence-corrected chi connectivity index (χ4v) is 2.42. The Hall–Kier alpha value is -1.02. The number of nitrogens with one attached hydrogen (secondary N) is 1. The molecule has 100 valence electrons. The molecule has 1 aliphatic rings. The van der Waals surface area contributed by atoms with Gasteiger partial charge in [0.2, 0.25) is 0 Å². The number of nitrogens with zero attached hydrogens (tertiary/aromatic N) is 1. The lowest BCUT2D eigenvalue weighted by Crippen LogP contribution is -2.16. The zero-order chi connectivity index (χ0) is 12.1. The van der Waals surface area contributed by atoms with E-state index >= 15 is 0 Å². The maximum atomic E-state index is 4.78. The van der Waals surface area contributed by atoms with Gasteiger partial charge < -0.3 is 5.32 Å². The SMILES string of the molecule is CC(=NC1CCCCC1)Nc1ccccc1C.Cl. The van der Waals surface area contributed by atoms with Gasteiger partial charge in [-0.1, -0.05) is 37.5 Å². The van der Waals surface area contributed by atoms with Crippen molar-refractivity contribution < 1.29 is 0 Å². The molecule has 0 bridgehead atoms. The summed E-state index contributed by atoms with van der Waals surface area (Å²) in [5.74, 6) is 1.05. The number of aryl methyl sites for hydroxylation is 1. The molecule has 1 aliphatic carbocycles. The van der Waals surface area contributed by atoms with E-state index in [1.807, 2.05) is 0 Å². The standard InChI is InChI=1S/C15H22N2.ClH/c1-12-8-6-7-11-15(12)17-13(2)16-14-9-4-3-5-10-14;/h6-8,11,14H,3-5,9-10H2,1-2H3,(H,16,17);1H. The quantitative estimate of drug-likeness (QED) is 0.615. The van der Waals surface area contributed by atoms with Crippen LogP contribution in [0.25, 0.3) is 0 Å². The third-order valence-corrected chi connectivity index (χ3v) is 3.41. The van der Waals surface area contributed by atoms with Gasteiger partial charge in [0.1, 0.15) is 0 Å². The van der Waals surface area contributed by atoms with Crippen LogP contribution in [-0.4, -0.2) is 11.9 Å². The zero-order valence-corrected chi connectivity index (χ0v) is 12.1. The van der Waals surface area contributed by atoms with E-state index in [2.05, 4.69) is 43.4 Å². The maximum absolute atomic E-state index is 4.78. The first-order valence-electron chi connectivity index (χ1n) is 6.63.